The van der Waals surface area contributed by atoms with Crippen molar-refractivity contribution < 1.29 is 4.43 Å². The second-order valence-electron chi connectivity index (χ2n) is 1.47. The van der Waals surface area contributed by atoms with E-state index >= 15 is 0 Å². The zero-order valence-electron chi connectivity index (χ0n) is 4.85. The molecule has 1 aromatic heterocycles. The summed E-state index contributed by atoms with van der Waals surface area (Å²) in [5.41, 5.74) is 0. The van der Waals surface area contributed by atoms with E-state index in [2.05, 4.69) is 4.98 Å². The lowest BCUT2D eigenvalue weighted by atomic mass is 10.7. The number of H-pyrrole nitrogens is 1. The molecule has 0 amide bonds. The summed E-state index contributed by atoms with van der Waals surface area (Å²) in [7, 11) is 1.08. The van der Waals surface area contributed by atoms with E-state index in [1.54, 1.807) is 0 Å². The van der Waals surface area contributed by atoms with Gasteiger partial charge in [-0.25, -0.2) is 0 Å². The van der Waals surface area contributed by atoms with E-state index in [9.17, 15) is 0 Å². The maximum absolute atomic E-state index is 5.29. The molecule has 44 valence electrons. The van der Waals surface area contributed by atoms with Gasteiger partial charge in [0, 0.05) is 16.0 Å². The lowest BCUT2D eigenvalue weighted by Crippen LogP contribution is -2.00. The largest absolute Gasteiger partial charge is 0.542 e. The molecule has 0 aliphatic rings. The van der Waals surface area contributed by atoms with Gasteiger partial charge in [-0.15, -0.1) is 0 Å². The topological polar surface area (TPSA) is 25.0 Å². The van der Waals surface area contributed by atoms with Crippen LogP contribution in [0.25, 0.3) is 0 Å². The van der Waals surface area contributed by atoms with Gasteiger partial charge in [-0.1, -0.05) is 0 Å². The molecule has 0 aliphatic heterocycles. The number of aromatic nitrogens is 1. The summed E-state index contributed by atoms with van der Waals surface area (Å²) < 4.78 is 5.29. The molecule has 4 heteroatoms. The van der Waals surface area contributed by atoms with Gasteiger partial charge < -0.3 is 9.41 Å². The first-order valence-electron chi connectivity index (χ1n) is 2.69. The van der Waals surface area contributed by atoms with Crippen LogP contribution in [0.3, 0.4) is 0 Å². The quantitative estimate of drug-likeness (QED) is 0.515. The van der Waals surface area contributed by atoms with Crippen LogP contribution in [0.2, 0.25) is 0 Å². The van der Waals surface area contributed by atoms with Crippen LogP contribution in [0.1, 0.15) is 0 Å². The Kier molecular flexibility index (Phi) is 1.93. The van der Waals surface area contributed by atoms with Crippen molar-refractivity contribution in [3.63, 3.8) is 0 Å². The summed E-state index contributed by atoms with van der Waals surface area (Å²) in [5.74, 6) is 0.937. The molecule has 0 spiro atoms. The van der Waals surface area contributed by atoms with Crippen LogP contribution >= 0.6 is 0 Å². The number of hydrogen-bond acceptors (Lipinski definition) is 1. The zero-order chi connectivity index (χ0) is 5.82. The smallest absolute Gasteiger partial charge is 0.196 e. The predicted molar refractivity (Wildman–Crippen MR) is 39.9 cm³/mol. The van der Waals surface area contributed by atoms with Crippen LogP contribution in [-0.2, 0) is 0 Å². The molecule has 0 saturated carbocycles. The van der Waals surface area contributed by atoms with Gasteiger partial charge in [0.1, 0.15) is 0 Å². The average Bonchev–Trinajstić information content (AvgIpc) is 2.19. The molecule has 0 aromatic carbocycles. The average molecular weight is 143 g/mol. The van der Waals surface area contributed by atoms with Gasteiger partial charge in [0.15, 0.2) is 15.2 Å². The minimum Gasteiger partial charge on any atom is -0.542 e. The summed E-state index contributed by atoms with van der Waals surface area (Å²) in [6, 6.07) is 3.89. The van der Waals surface area contributed by atoms with Crippen molar-refractivity contribution in [2.45, 2.75) is 0 Å². The third kappa shape index (κ3) is 1.24. The summed E-state index contributed by atoms with van der Waals surface area (Å²) in [5, 5.41) is 0. The molecule has 0 unspecified atom stereocenters. The fraction of sp³-hybridized carbons (Fsp3) is 0. The molecule has 0 radical (unpaired) electrons. The molecule has 0 aliphatic carbocycles. The van der Waals surface area contributed by atoms with Crippen LogP contribution in [-0.4, -0.2) is 24.0 Å². The molecule has 1 N–H and O–H groups in total. The number of aromatic amines is 1. The molecule has 0 atom stereocenters. The van der Waals surface area contributed by atoms with Crippen LogP contribution in [0.4, 0.5) is 0 Å². The Morgan fingerprint density at radius 3 is 3.12 bits per heavy atom. The van der Waals surface area contributed by atoms with E-state index in [0.29, 0.717) is 0 Å². The molecular weight excluding hydrogens is 134 g/mol. The van der Waals surface area contributed by atoms with Crippen molar-refractivity contribution in [1.82, 2.24) is 4.98 Å². The highest BCUT2D eigenvalue weighted by molar-refractivity contribution is 6.85. The van der Waals surface area contributed by atoms with Crippen molar-refractivity contribution in [2.75, 3.05) is 0 Å². The van der Waals surface area contributed by atoms with Gasteiger partial charge in [0.25, 0.3) is 0 Å². The first-order valence-corrected chi connectivity index (χ1v) is 8.93. The second kappa shape index (κ2) is 2.73. The lowest BCUT2D eigenvalue weighted by Gasteiger charge is -1.95. The molecule has 2 nitrogen and oxygen atoms in total. The van der Waals surface area contributed by atoms with E-state index in [1.807, 2.05) is 18.3 Å². The third-order valence-corrected chi connectivity index (χ3v) is 2.33. The highest BCUT2D eigenvalue weighted by Crippen LogP contribution is 2.01. The monoisotopic (exact) mass is 143 g/mol. The van der Waals surface area contributed by atoms with Gasteiger partial charge in [-0.3, -0.25) is 0 Å². The van der Waals surface area contributed by atoms with Gasteiger partial charge in [-0.05, 0) is 12.1 Å². The van der Waals surface area contributed by atoms with E-state index in [4.69, 9.17) is 4.43 Å². The standard InChI is InChI=1S/C4H9NOSi2/c7-8-6-4-2-1-3-5-4/h1-3,5H,8H2,7H3. The number of hydrogen-bond donors (Lipinski definition) is 1. The Morgan fingerprint density at radius 1 is 1.75 bits per heavy atom. The molecule has 0 fully saturated rings. The molecule has 0 saturated heterocycles. The van der Waals surface area contributed by atoms with Crippen LogP contribution in [0, 0.1) is 0 Å². The summed E-state index contributed by atoms with van der Waals surface area (Å²) in [6.45, 7) is 0. The highest BCUT2D eigenvalue weighted by Gasteiger charge is 1.85. The molecule has 8 heavy (non-hydrogen) atoms. The van der Waals surface area contributed by atoms with Crippen LogP contribution in [0.15, 0.2) is 18.3 Å². The Bertz CT molecular complexity index is 140. The first-order chi connectivity index (χ1) is 3.93. The maximum atomic E-state index is 5.29. The number of rotatable bonds is 2. The fourth-order valence-corrected chi connectivity index (χ4v) is 1.98. The van der Waals surface area contributed by atoms with Gasteiger partial charge in [0.2, 0.25) is 0 Å². The summed E-state index contributed by atoms with van der Waals surface area (Å²) in [4.78, 5) is 2.97. The van der Waals surface area contributed by atoms with E-state index < -0.39 is 0 Å². The van der Waals surface area contributed by atoms with Crippen molar-refractivity contribution in [2.24, 2.45) is 0 Å². The number of nitrogens with one attached hydrogen (secondary N) is 1. The van der Waals surface area contributed by atoms with Gasteiger partial charge in [0.05, 0.1) is 0 Å². The van der Waals surface area contributed by atoms with Crippen molar-refractivity contribution in [3.8, 4) is 5.88 Å². The summed E-state index contributed by atoms with van der Waals surface area (Å²) >= 11 is 0. The molecular formula is C4H9NOSi2. The Hall–Kier alpha value is -0.486. The van der Waals surface area contributed by atoms with E-state index in [-0.39, 0.29) is 9.28 Å². The minimum atomic E-state index is -0.147. The minimum absolute atomic E-state index is 0.147. The Balaban J connectivity index is 2.50. The van der Waals surface area contributed by atoms with E-state index in [0.717, 1.165) is 5.88 Å². The zero-order valence-corrected chi connectivity index (χ0v) is 8.26. The predicted octanol–water partition coefficient (Wildman–Crippen LogP) is -1.24. The summed E-state index contributed by atoms with van der Waals surface area (Å²) in [6.07, 6.45) is 1.88. The van der Waals surface area contributed by atoms with Crippen LogP contribution < -0.4 is 4.43 Å². The highest BCUT2D eigenvalue weighted by atomic mass is 29.1. The van der Waals surface area contributed by atoms with Crippen molar-refractivity contribution in [3.05, 3.63) is 18.3 Å². The fourth-order valence-electron chi connectivity index (χ4n) is 0.559. The normalized spacial score (nSPS) is 11.0. The second-order valence-corrected chi connectivity index (χ2v) is 4.07. The lowest BCUT2D eigenvalue weighted by molar-refractivity contribution is 0.587. The van der Waals surface area contributed by atoms with Gasteiger partial charge >= 0.3 is 0 Å². The Morgan fingerprint density at radius 2 is 2.62 bits per heavy atom. The van der Waals surface area contributed by atoms with Gasteiger partial charge in [-0.2, -0.15) is 0 Å². The van der Waals surface area contributed by atoms with Crippen molar-refractivity contribution >= 4 is 19.0 Å². The third-order valence-electron chi connectivity index (χ3n) is 0.869. The molecule has 1 aromatic rings. The molecule has 1 rings (SSSR count). The SMILES string of the molecule is [SiH3][SiH2]Oc1ccc[nH]1. The van der Waals surface area contributed by atoms with E-state index in [1.165, 1.54) is 9.76 Å². The molecule has 1 heterocycles. The first kappa shape index (κ1) is 5.65. The molecule has 0 bridgehead atoms. The Labute approximate surface area is 53.4 Å². The maximum Gasteiger partial charge on any atom is 0.196 e. The van der Waals surface area contributed by atoms with Crippen LogP contribution in [0.5, 0.6) is 5.88 Å². The van der Waals surface area contributed by atoms with Crippen molar-refractivity contribution in [1.29, 1.82) is 0 Å².